The van der Waals surface area contributed by atoms with E-state index in [0.717, 1.165) is 44.6 Å². The predicted molar refractivity (Wildman–Crippen MR) is 183 cm³/mol. The molecule has 0 spiro atoms. The quantitative estimate of drug-likeness (QED) is 0.164. The molecule has 0 unspecified atom stereocenters. The molecule has 4 amide bonds. The van der Waals surface area contributed by atoms with E-state index >= 15 is 0 Å². The molecule has 0 radical (unpaired) electrons. The lowest BCUT2D eigenvalue weighted by atomic mass is 9.93. The number of nitrogens with zero attached hydrogens (tertiary/aromatic N) is 2. The van der Waals surface area contributed by atoms with Gasteiger partial charge in [-0.25, -0.2) is 0 Å². The van der Waals surface area contributed by atoms with Gasteiger partial charge in [-0.15, -0.1) is 0 Å². The van der Waals surface area contributed by atoms with E-state index in [4.69, 9.17) is 0 Å². The van der Waals surface area contributed by atoms with Gasteiger partial charge in [0.2, 0.25) is 0 Å². The largest absolute Gasteiger partial charge is 0.358 e. The maximum atomic E-state index is 14.6. The van der Waals surface area contributed by atoms with Gasteiger partial charge in [0.25, 0.3) is 23.6 Å². The van der Waals surface area contributed by atoms with Crippen LogP contribution in [0.3, 0.4) is 0 Å². The Morgan fingerprint density at radius 2 is 1.15 bits per heavy atom. The van der Waals surface area contributed by atoms with E-state index in [1.165, 1.54) is 4.90 Å². The summed E-state index contributed by atoms with van der Waals surface area (Å²) in [6, 6.07) is 24.1. The Bertz CT molecular complexity index is 2270. The topological polar surface area (TPSA) is 118 Å². The molecule has 0 fully saturated rings. The van der Waals surface area contributed by atoms with E-state index < -0.39 is 11.8 Å². The molecule has 6 aromatic rings. The number of aromatic amines is 2. The van der Waals surface area contributed by atoms with Crippen molar-refractivity contribution in [1.82, 2.24) is 19.9 Å². The summed E-state index contributed by atoms with van der Waals surface area (Å²) in [6.45, 7) is 6.16. The zero-order valence-corrected chi connectivity index (χ0v) is 26.2. The van der Waals surface area contributed by atoms with Crippen LogP contribution in [0.1, 0.15) is 63.0 Å². The zero-order valence-electron chi connectivity index (χ0n) is 26.2. The van der Waals surface area contributed by atoms with Crippen molar-refractivity contribution >= 4 is 73.0 Å². The third-order valence-corrected chi connectivity index (χ3v) is 9.33. The van der Waals surface area contributed by atoms with Crippen LogP contribution in [-0.2, 0) is 9.59 Å². The minimum absolute atomic E-state index is 0.296. The number of hydrogen-bond donors (Lipinski definition) is 3. The Morgan fingerprint density at radius 1 is 0.617 bits per heavy atom. The van der Waals surface area contributed by atoms with Crippen LogP contribution < -0.4 is 5.43 Å². The number of carbonyl (C=O) groups is 4. The molecule has 232 valence electrons. The lowest BCUT2D eigenvalue weighted by Crippen LogP contribution is -2.41. The highest BCUT2D eigenvalue weighted by atomic mass is 16.2. The molecular formula is C38H31N5O4. The van der Waals surface area contributed by atoms with Crippen LogP contribution in [0.2, 0.25) is 0 Å². The first-order valence-corrected chi connectivity index (χ1v) is 15.8. The summed E-state index contributed by atoms with van der Waals surface area (Å²) in [5.41, 5.74) is 9.57. The highest BCUT2D eigenvalue weighted by Crippen LogP contribution is 2.44. The fourth-order valence-corrected chi connectivity index (χ4v) is 7.18. The summed E-state index contributed by atoms with van der Waals surface area (Å²) < 4.78 is 0. The van der Waals surface area contributed by atoms with Gasteiger partial charge in [-0.3, -0.25) is 29.5 Å². The van der Waals surface area contributed by atoms with E-state index in [2.05, 4.69) is 15.4 Å². The first kappa shape index (κ1) is 28.5. The number of fused-ring (bicyclic) bond motifs is 2. The molecule has 4 heterocycles. The lowest BCUT2D eigenvalue weighted by Gasteiger charge is -2.28. The Balaban J connectivity index is 1.29. The van der Waals surface area contributed by atoms with Gasteiger partial charge in [0.1, 0.15) is 0 Å². The van der Waals surface area contributed by atoms with Crippen LogP contribution in [0.4, 0.5) is 5.69 Å². The molecule has 9 heteroatoms. The number of aryl methyl sites for hydroxylation is 2. The Kier molecular flexibility index (Phi) is 6.40. The van der Waals surface area contributed by atoms with E-state index in [0.29, 0.717) is 62.8 Å². The number of imide groups is 2. The standard InChI is InChI=1S/C38H31N5O4/c1-4-5-19-42-35(44)25-14-10-13-24-29(18-17-26(32(24)25)36(42)45)41-43-37(46)33(30-20(2)39-27-15-8-6-11-22(27)30)34(38(43)47)31-21(3)40-28-16-9-7-12-23(28)31/h6-18,39-41H,4-5,19H2,1-3H3. The monoisotopic (exact) mass is 621 g/mol. The van der Waals surface area contributed by atoms with Crippen molar-refractivity contribution in [3.63, 3.8) is 0 Å². The molecule has 9 nitrogen and oxygen atoms in total. The second kappa shape index (κ2) is 10.6. The molecule has 2 aliphatic heterocycles. The predicted octanol–water partition coefficient (Wildman–Crippen LogP) is 7.12. The smallest absolute Gasteiger partial charge is 0.281 e. The molecule has 0 bridgehead atoms. The Hall–Kier alpha value is -5.96. The summed E-state index contributed by atoms with van der Waals surface area (Å²) in [6.07, 6.45) is 1.56. The highest BCUT2D eigenvalue weighted by molar-refractivity contribution is 6.51. The van der Waals surface area contributed by atoms with Crippen molar-refractivity contribution in [2.75, 3.05) is 12.0 Å². The summed E-state index contributed by atoms with van der Waals surface area (Å²) in [5.74, 6) is -1.69. The van der Waals surface area contributed by atoms with Crippen LogP contribution in [-0.4, -0.2) is 50.1 Å². The van der Waals surface area contributed by atoms with Crippen molar-refractivity contribution in [1.29, 1.82) is 0 Å². The maximum absolute atomic E-state index is 14.6. The second-order valence-electron chi connectivity index (χ2n) is 12.2. The number of anilines is 1. The first-order valence-electron chi connectivity index (χ1n) is 15.8. The molecule has 2 aliphatic rings. The number of hydrazine groups is 1. The van der Waals surface area contributed by atoms with Gasteiger partial charge in [0, 0.05) is 72.8 Å². The van der Waals surface area contributed by atoms with Gasteiger partial charge in [-0.2, -0.15) is 5.01 Å². The fourth-order valence-electron chi connectivity index (χ4n) is 7.18. The maximum Gasteiger partial charge on any atom is 0.281 e. The van der Waals surface area contributed by atoms with E-state index in [1.807, 2.05) is 69.3 Å². The molecular weight excluding hydrogens is 590 g/mol. The van der Waals surface area contributed by atoms with Gasteiger partial charge in [-0.05, 0) is 50.6 Å². The van der Waals surface area contributed by atoms with Crippen molar-refractivity contribution in [2.24, 2.45) is 0 Å². The van der Waals surface area contributed by atoms with Crippen LogP contribution in [0.5, 0.6) is 0 Å². The molecule has 8 rings (SSSR count). The minimum atomic E-state index is -0.499. The van der Waals surface area contributed by atoms with E-state index in [1.54, 1.807) is 30.3 Å². The number of rotatable bonds is 7. The molecule has 3 N–H and O–H groups in total. The van der Waals surface area contributed by atoms with Gasteiger partial charge in [-0.1, -0.05) is 61.9 Å². The molecule has 0 atom stereocenters. The minimum Gasteiger partial charge on any atom is -0.358 e. The average molecular weight is 622 g/mol. The highest BCUT2D eigenvalue weighted by Gasteiger charge is 2.43. The van der Waals surface area contributed by atoms with Crippen LogP contribution in [0.25, 0.3) is 43.7 Å². The van der Waals surface area contributed by atoms with Crippen molar-refractivity contribution in [3.8, 4) is 0 Å². The van der Waals surface area contributed by atoms with Crippen molar-refractivity contribution < 1.29 is 19.2 Å². The summed E-state index contributed by atoms with van der Waals surface area (Å²) in [7, 11) is 0. The summed E-state index contributed by atoms with van der Waals surface area (Å²) >= 11 is 0. The van der Waals surface area contributed by atoms with Crippen LogP contribution in [0.15, 0.2) is 78.9 Å². The molecule has 0 aliphatic carbocycles. The lowest BCUT2D eigenvalue weighted by molar-refractivity contribution is -0.134. The number of benzene rings is 4. The number of nitrogens with one attached hydrogen (secondary N) is 3. The summed E-state index contributed by atoms with van der Waals surface area (Å²) in [5, 5.41) is 3.80. The fraction of sp³-hybridized carbons (Fsp3) is 0.158. The van der Waals surface area contributed by atoms with Crippen LogP contribution in [0, 0.1) is 13.8 Å². The SMILES string of the molecule is CCCCN1C(=O)c2cccc3c(NN4C(=O)C(c5c(C)[nH]c6ccccc56)=C(c5c(C)[nH]c6ccccc56)C4=O)ccc(c23)C1=O. The Morgan fingerprint density at radius 3 is 1.72 bits per heavy atom. The number of amides is 4. The zero-order chi connectivity index (χ0) is 32.6. The van der Waals surface area contributed by atoms with Crippen molar-refractivity contribution in [2.45, 2.75) is 33.6 Å². The summed E-state index contributed by atoms with van der Waals surface area (Å²) in [4.78, 5) is 64.2. The van der Waals surface area contributed by atoms with E-state index in [-0.39, 0.29) is 11.8 Å². The van der Waals surface area contributed by atoms with Gasteiger partial charge in [0.05, 0.1) is 16.8 Å². The van der Waals surface area contributed by atoms with Crippen molar-refractivity contribution in [3.05, 3.63) is 113 Å². The van der Waals surface area contributed by atoms with E-state index in [9.17, 15) is 19.2 Å². The number of carbonyl (C=O) groups excluding carboxylic acids is 4. The number of para-hydroxylation sites is 2. The molecule has 47 heavy (non-hydrogen) atoms. The van der Waals surface area contributed by atoms with Gasteiger partial charge in [0.15, 0.2) is 0 Å². The van der Waals surface area contributed by atoms with Gasteiger partial charge < -0.3 is 9.97 Å². The molecule has 4 aromatic carbocycles. The molecule has 0 saturated carbocycles. The first-order chi connectivity index (χ1) is 22.8. The second-order valence-corrected chi connectivity index (χ2v) is 12.2. The number of H-pyrrole nitrogens is 2. The van der Waals surface area contributed by atoms with Gasteiger partial charge >= 0.3 is 0 Å². The third kappa shape index (κ3) is 4.09. The molecule has 0 saturated heterocycles. The third-order valence-electron chi connectivity index (χ3n) is 9.33. The average Bonchev–Trinajstić information content (AvgIpc) is 3.66. The van der Waals surface area contributed by atoms with Crippen LogP contribution >= 0.6 is 0 Å². The normalized spacial score (nSPS) is 15.0. The number of aromatic nitrogens is 2. The number of unbranched alkanes of at least 4 members (excludes halogenated alkanes) is 1. The molecule has 2 aromatic heterocycles. The Labute approximate surface area is 269 Å². The number of hydrogen-bond acceptors (Lipinski definition) is 5.